The van der Waals surface area contributed by atoms with E-state index in [0.717, 1.165) is 0 Å². The van der Waals surface area contributed by atoms with Gasteiger partial charge in [0.15, 0.2) is 0 Å². The molecule has 74 valence electrons. The SMILES string of the molecule is CCC(NN(C)CC)C(F)(F)F. The lowest BCUT2D eigenvalue weighted by atomic mass is 10.2. The van der Waals surface area contributed by atoms with Crippen LogP contribution in [0.15, 0.2) is 0 Å². The standard InChI is InChI=1S/C7H15F3N2/c1-4-6(7(8,9)10)11-12(3)5-2/h6,11H,4-5H2,1-3H3. The van der Waals surface area contributed by atoms with Crippen molar-refractivity contribution in [2.24, 2.45) is 0 Å². The fraction of sp³-hybridized carbons (Fsp3) is 1.00. The third-order valence-corrected chi connectivity index (χ3v) is 1.65. The summed E-state index contributed by atoms with van der Waals surface area (Å²) < 4.78 is 36.4. The molecule has 0 heterocycles. The molecule has 0 spiro atoms. The average Bonchev–Trinajstić information content (AvgIpc) is 1.97. The summed E-state index contributed by atoms with van der Waals surface area (Å²) in [6.07, 6.45) is -4.11. The van der Waals surface area contributed by atoms with Crippen LogP contribution in [0.4, 0.5) is 13.2 Å². The highest BCUT2D eigenvalue weighted by atomic mass is 19.4. The lowest BCUT2D eigenvalue weighted by Gasteiger charge is -2.25. The van der Waals surface area contributed by atoms with Gasteiger partial charge in [0.2, 0.25) is 0 Å². The molecule has 1 unspecified atom stereocenters. The summed E-state index contributed by atoms with van der Waals surface area (Å²) >= 11 is 0. The van der Waals surface area contributed by atoms with Gasteiger partial charge in [0.25, 0.3) is 0 Å². The van der Waals surface area contributed by atoms with Crippen LogP contribution in [0.1, 0.15) is 20.3 Å². The quantitative estimate of drug-likeness (QED) is 0.670. The Hall–Kier alpha value is -0.290. The van der Waals surface area contributed by atoms with Crippen LogP contribution < -0.4 is 5.43 Å². The largest absolute Gasteiger partial charge is 0.405 e. The highest BCUT2D eigenvalue weighted by Gasteiger charge is 2.38. The van der Waals surface area contributed by atoms with Crippen LogP contribution in [0.25, 0.3) is 0 Å². The second-order valence-corrected chi connectivity index (χ2v) is 2.65. The minimum absolute atomic E-state index is 0.0494. The Kier molecular flexibility index (Phi) is 4.55. The summed E-state index contributed by atoms with van der Waals surface area (Å²) in [6, 6.07) is -1.43. The van der Waals surface area contributed by atoms with Crippen LogP contribution in [0.3, 0.4) is 0 Å². The van der Waals surface area contributed by atoms with Crippen molar-refractivity contribution in [3.8, 4) is 0 Å². The van der Waals surface area contributed by atoms with Gasteiger partial charge >= 0.3 is 6.18 Å². The van der Waals surface area contributed by atoms with E-state index in [0.29, 0.717) is 6.54 Å². The molecule has 0 saturated carbocycles. The van der Waals surface area contributed by atoms with E-state index in [2.05, 4.69) is 5.43 Å². The Labute approximate surface area is 70.7 Å². The zero-order valence-corrected chi connectivity index (χ0v) is 7.57. The molecule has 5 heteroatoms. The third-order valence-electron chi connectivity index (χ3n) is 1.65. The van der Waals surface area contributed by atoms with E-state index >= 15 is 0 Å². The number of hydrogen-bond donors (Lipinski definition) is 1. The molecule has 0 aliphatic rings. The lowest BCUT2D eigenvalue weighted by molar-refractivity contribution is -0.167. The number of hydrazine groups is 1. The average molecular weight is 184 g/mol. The van der Waals surface area contributed by atoms with Crippen molar-refractivity contribution in [2.45, 2.75) is 32.5 Å². The molecule has 0 aliphatic heterocycles. The van der Waals surface area contributed by atoms with E-state index in [-0.39, 0.29) is 6.42 Å². The first-order valence-corrected chi connectivity index (χ1v) is 3.95. The van der Waals surface area contributed by atoms with E-state index in [1.165, 1.54) is 11.9 Å². The number of alkyl halides is 3. The van der Waals surface area contributed by atoms with E-state index in [9.17, 15) is 13.2 Å². The molecular weight excluding hydrogens is 169 g/mol. The molecule has 0 aromatic heterocycles. The molecule has 12 heavy (non-hydrogen) atoms. The minimum Gasteiger partial charge on any atom is -0.247 e. The second kappa shape index (κ2) is 4.67. The van der Waals surface area contributed by atoms with Crippen LogP contribution in [0.5, 0.6) is 0 Å². The zero-order chi connectivity index (χ0) is 9.78. The molecule has 0 fully saturated rings. The van der Waals surface area contributed by atoms with Crippen molar-refractivity contribution < 1.29 is 13.2 Å². The summed E-state index contributed by atoms with van der Waals surface area (Å²) in [5, 5.41) is 1.43. The molecule has 0 saturated heterocycles. The maximum absolute atomic E-state index is 12.1. The molecular formula is C7H15F3N2. The normalized spacial score (nSPS) is 15.2. The predicted octanol–water partition coefficient (Wildman–Crippen LogP) is 1.78. The molecule has 0 bridgehead atoms. The summed E-state index contributed by atoms with van der Waals surface area (Å²) in [4.78, 5) is 0. The third kappa shape index (κ3) is 3.92. The van der Waals surface area contributed by atoms with E-state index in [4.69, 9.17) is 0 Å². The number of nitrogens with one attached hydrogen (secondary N) is 1. The topological polar surface area (TPSA) is 15.3 Å². The second-order valence-electron chi connectivity index (χ2n) is 2.65. The summed E-state index contributed by atoms with van der Waals surface area (Å²) in [5.41, 5.74) is 2.36. The van der Waals surface area contributed by atoms with Crippen LogP contribution in [0, 0.1) is 0 Å². The van der Waals surface area contributed by atoms with E-state index in [1.54, 1.807) is 14.0 Å². The van der Waals surface area contributed by atoms with Gasteiger partial charge in [-0.3, -0.25) is 0 Å². The van der Waals surface area contributed by atoms with Crippen molar-refractivity contribution in [3.05, 3.63) is 0 Å². The highest BCUT2D eigenvalue weighted by Crippen LogP contribution is 2.22. The van der Waals surface area contributed by atoms with E-state index < -0.39 is 12.2 Å². The zero-order valence-electron chi connectivity index (χ0n) is 7.57. The summed E-state index contributed by atoms with van der Waals surface area (Å²) in [7, 11) is 1.59. The number of rotatable bonds is 4. The van der Waals surface area contributed by atoms with Crippen LogP contribution in [-0.4, -0.2) is 30.8 Å². The first-order chi connectivity index (χ1) is 5.41. The Morgan fingerprint density at radius 1 is 1.33 bits per heavy atom. The van der Waals surface area contributed by atoms with Crippen molar-refractivity contribution in [1.82, 2.24) is 10.4 Å². The van der Waals surface area contributed by atoms with Crippen molar-refractivity contribution in [3.63, 3.8) is 0 Å². The van der Waals surface area contributed by atoms with Gasteiger partial charge in [-0.05, 0) is 6.42 Å². The van der Waals surface area contributed by atoms with E-state index in [1.807, 2.05) is 0 Å². The van der Waals surface area contributed by atoms with Gasteiger partial charge in [-0.1, -0.05) is 13.8 Å². The molecule has 0 rings (SSSR count). The maximum Gasteiger partial charge on any atom is 0.405 e. The Morgan fingerprint density at radius 2 is 1.83 bits per heavy atom. The molecule has 0 amide bonds. The smallest absolute Gasteiger partial charge is 0.247 e. The fourth-order valence-electron chi connectivity index (χ4n) is 0.753. The first-order valence-electron chi connectivity index (χ1n) is 3.95. The van der Waals surface area contributed by atoms with Gasteiger partial charge in [-0.15, -0.1) is 0 Å². The van der Waals surface area contributed by atoms with Gasteiger partial charge < -0.3 is 0 Å². The molecule has 0 radical (unpaired) electrons. The number of nitrogens with zero attached hydrogens (tertiary/aromatic N) is 1. The Balaban J connectivity index is 4.00. The molecule has 1 atom stereocenters. The highest BCUT2D eigenvalue weighted by molar-refractivity contribution is 4.71. The Morgan fingerprint density at radius 3 is 2.08 bits per heavy atom. The predicted molar refractivity (Wildman–Crippen MR) is 41.6 cm³/mol. The van der Waals surface area contributed by atoms with Crippen LogP contribution >= 0.6 is 0 Å². The summed E-state index contributed by atoms with van der Waals surface area (Å²) in [6.45, 7) is 3.84. The van der Waals surface area contributed by atoms with Crippen molar-refractivity contribution >= 4 is 0 Å². The molecule has 0 aliphatic carbocycles. The minimum atomic E-state index is -4.15. The molecule has 0 aromatic rings. The van der Waals surface area contributed by atoms with Gasteiger partial charge in [0.05, 0.1) is 0 Å². The lowest BCUT2D eigenvalue weighted by Crippen LogP contribution is -2.49. The monoisotopic (exact) mass is 184 g/mol. The van der Waals surface area contributed by atoms with Gasteiger partial charge in [-0.25, -0.2) is 10.4 Å². The number of halogens is 3. The van der Waals surface area contributed by atoms with Crippen molar-refractivity contribution in [1.29, 1.82) is 0 Å². The molecule has 2 nitrogen and oxygen atoms in total. The Bertz CT molecular complexity index is 124. The number of hydrogen-bond acceptors (Lipinski definition) is 2. The van der Waals surface area contributed by atoms with Crippen LogP contribution in [-0.2, 0) is 0 Å². The van der Waals surface area contributed by atoms with Gasteiger partial charge in [0, 0.05) is 13.6 Å². The van der Waals surface area contributed by atoms with Crippen LogP contribution in [0.2, 0.25) is 0 Å². The molecule has 0 aromatic carbocycles. The van der Waals surface area contributed by atoms with Gasteiger partial charge in [0.1, 0.15) is 6.04 Å². The fourth-order valence-corrected chi connectivity index (χ4v) is 0.753. The van der Waals surface area contributed by atoms with Gasteiger partial charge in [-0.2, -0.15) is 13.2 Å². The first kappa shape index (κ1) is 11.7. The maximum atomic E-state index is 12.1. The molecule has 1 N–H and O–H groups in total. The summed E-state index contributed by atoms with van der Waals surface area (Å²) in [5.74, 6) is 0. The van der Waals surface area contributed by atoms with Crippen molar-refractivity contribution in [2.75, 3.05) is 13.6 Å².